The number of rotatable bonds is 6. The van der Waals surface area contributed by atoms with Gasteiger partial charge in [-0.3, -0.25) is 25.0 Å². The van der Waals surface area contributed by atoms with Gasteiger partial charge in [0.25, 0.3) is 17.3 Å². The fourth-order valence-corrected chi connectivity index (χ4v) is 3.15. The fourth-order valence-electron chi connectivity index (χ4n) is 2.86. The number of non-ortho nitro benzene ring substituents is 1. The Kier molecular flexibility index (Phi) is 6.12. The summed E-state index contributed by atoms with van der Waals surface area (Å²) in [5, 5.41) is 25.5. The molecule has 27 heavy (non-hydrogen) atoms. The second-order valence-electron chi connectivity index (χ2n) is 5.87. The van der Waals surface area contributed by atoms with Crippen LogP contribution in [-0.4, -0.2) is 15.8 Å². The van der Waals surface area contributed by atoms with E-state index in [0.717, 1.165) is 23.3 Å². The van der Waals surface area contributed by atoms with Gasteiger partial charge in [0.2, 0.25) is 0 Å². The number of benzene rings is 2. The van der Waals surface area contributed by atoms with Crippen LogP contribution >= 0.6 is 11.6 Å². The maximum Gasteiger partial charge on any atom is 0.279 e. The van der Waals surface area contributed by atoms with E-state index in [9.17, 15) is 25.0 Å². The molecule has 0 radical (unpaired) electrons. The third-order valence-corrected chi connectivity index (χ3v) is 4.69. The van der Waals surface area contributed by atoms with Gasteiger partial charge in [-0.15, -0.1) is 0 Å². The fraction of sp³-hybridized carbons (Fsp3) is 0.278. The number of amides is 1. The summed E-state index contributed by atoms with van der Waals surface area (Å²) in [7, 11) is 0. The molecule has 2 rings (SSSR count). The molecule has 2 aromatic rings. The van der Waals surface area contributed by atoms with E-state index in [1.54, 1.807) is 12.1 Å². The molecule has 0 saturated carbocycles. The standard InChI is InChI=1S/C18H18ClN3O5/c1-4-11-6-7-15(19)13(5-2)17(11)20-18(23)14-8-12(21(24)25)9-16(10(14)3)22(26)27/h6-9H,4-5H2,1-3H3,(H,20,23). The van der Waals surface area contributed by atoms with Crippen molar-refractivity contribution in [2.24, 2.45) is 0 Å². The Morgan fingerprint density at radius 2 is 1.78 bits per heavy atom. The van der Waals surface area contributed by atoms with Gasteiger partial charge in [-0.05, 0) is 37.0 Å². The van der Waals surface area contributed by atoms with Crippen LogP contribution in [0.4, 0.5) is 17.1 Å². The van der Waals surface area contributed by atoms with Crippen LogP contribution in [0, 0.1) is 27.2 Å². The monoisotopic (exact) mass is 391 g/mol. The van der Waals surface area contributed by atoms with Crippen LogP contribution in [0.15, 0.2) is 24.3 Å². The zero-order valence-corrected chi connectivity index (χ0v) is 15.8. The highest BCUT2D eigenvalue weighted by molar-refractivity contribution is 6.32. The van der Waals surface area contributed by atoms with E-state index < -0.39 is 27.1 Å². The molecule has 0 atom stereocenters. The van der Waals surface area contributed by atoms with Crippen molar-refractivity contribution in [3.8, 4) is 0 Å². The smallest absolute Gasteiger partial charge is 0.279 e. The summed E-state index contributed by atoms with van der Waals surface area (Å²) in [5.41, 5.74) is 1.05. The normalized spacial score (nSPS) is 10.5. The second-order valence-corrected chi connectivity index (χ2v) is 6.28. The first kappa shape index (κ1) is 20.3. The minimum Gasteiger partial charge on any atom is -0.321 e. The summed E-state index contributed by atoms with van der Waals surface area (Å²) in [6.07, 6.45) is 1.20. The Balaban J connectivity index is 2.59. The third kappa shape index (κ3) is 4.06. The molecule has 0 aliphatic rings. The van der Waals surface area contributed by atoms with Gasteiger partial charge in [0.1, 0.15) is 0 Å². The SMILES string of the molecule is CCc1ccc(Cl)c(CC)c1NC(=O)c1cc([N+](=O)[O-])cc([N+](=O)[O-])c1C. The van der Waals surface area contributed by atoms with Crippen LogP contribution in [-0.2, 0) is 12.8 Å². The maximum atomic E-state index is 12.8. The number of carbonyl (C=O) groups excluding carboxylic acids is 1. The van der Waals surface area contributed by atoms with Gasteiger partial charge < -0.3 is 5.32 Å². The van der Waals surface area contributed by atoms with Crippen LogP contribution in [0.1, 0.15) is 40.9 Å². The summed E-state index contributed by atoms with van der Waals surface area (Å²) in [6, 6.07) is 5.43. The molecule has 0 fully saturated rings. The minimum atomic E-state index is -0.766. The van der Waals surface area contributed by atoms with Crippen LogP contribution in [0.3, 0.4) is 0 Å². The Bertz CT molecular complexity index is 943. The van der Waals surface area contributed by atoms with Crippen molar-refractivity contribution in [3.05, 3.63) is 71.8 Å². The van der Waals surface area contributed by atoms with Crippen molar-refractivity contribution in [1.29, 1.82) is 0 Å². The first-order chi connectivity index (χ1) is 12.7. The molecular weight excluding hydrogens is 374 g/mol. The zero-order valence-electron chi connectivity index (χ0n) is 15.0. The van der Waals surface area contributed by atoms with Crippen LogP contribution in [0.25, 0.3) is 0 Å². The molecule has 1 N–H and O–H groups in total. The lowest BCUT2D eigenvalue weighted by Gasteiger charge is -2.16. The number of nitro groups is 2. The Hall–Kier alpha value is -3.00. The highest BCUT2D eigenvalue weighted by Crippen LogP contribution is 2.32. The molecule has 0 aliphatic carbocycles. The van der Waals surface area contributed by atoms with Crippen LogP contribution < -0.4 is 5.32 Å². The van der Waals surface area contributed by atoms with E-state index in [-0.39, 0.29) is 11.1 Å². The average Bonchev–Trinajstić information content (AvgIpc) is 2.61. The van der Waals surface area contributed by atoms with Gasteiger partial charge in [0.05, 0.1) is 21.5 Å². The summed E-state index contributed by atoms with van der Waals surface area (Å²) < 4.78 is 0. The van der Waals surface area contributed by atoms with Gasteiger partial charge in [-0.2, -0.15) is 0 Å². The lowest BCUT2D eigenvalue weighted by atomic mass is 10.0. The van der Waals surface area contributed by atoms with Gasteiger partial charge >= 0.3 is 0 Å². The van der Waals surface area contributed by atoms with Gasteiger partial charge in [-0.1, -0.05) is 31.5 Å². The Labute approximate surface area is 160 Å². The van der Waals surface area contributed by atoms with Crippen molar-refractivity contribution in [2.45, 2.75) is 33.6 Å². The zero-order chi connectivity index (χ0) is 20.3. The number of halogens is 1. The third-order valence-electron chi connectivity index (χ3n) is 4.33. The van der Waals surface area contributed by atoms with Crippen molar-refractivity contribution in [2.75, 3.05) is 5.32 Å². The number of anilines is 1. The van der Waals surface area contributed by atoms with E-state index in [2.05, 4.69) is 5.32 Å². The Morgan fingerprint density at radius 3 is 2.30 bits per heavy atom. The van der Waals surface area contributed by atoms with Crippen molar-refractivity contribution >= 4 is 34.6 Å². The van der Waals surface area contributed by atoms with E-state index >= 15 is 0 Å². The molecule has 9 heteroatoms. The first-order valence-corrected chi connectivity index (χ1v) is 8.64. The first-order valence-electron chi connectivity index (χ1n) is 8.26. The number of carbonyl (C=O) groups is 1. The van der Waals surface area contributed by atoms with Crippen LogP contribution in [0.2, 0.25) is 5.02 Å². The van der Waals surface area contributed by atoms with Crippen molar-refractivity contribution < 1.29 is 14.6 Å². The van der Waals surface area contributed by atoms with Gasteiger partial charge in [0, 0.05) is 22.3 Å². The molecule has 0 bridgehead atoms. The summed E-state index contributed by atoms with van der Waals surface area (Å²) in [5.74, 6) is -0.661. The molecule has 2 aromatic carbocycles. The number of hydrogen-bond acceptors (Lipinski definition) is 5. The van der Waals surface area contributed by atoms with Gasteiger partial charge in [-0.25, -0.2) is 0 Å². The minimum absolute atomic E-state index is 0.0567. The molecule has 8 nitrogen and oxygen atoms in total. The number of hydrogen-bond donors (Lipinski definition) is 1. The maximum absolute atomic E-state index is 12.8. The molecule has 0 spiro atoms. The van der Waals surface area contributed by atoms with E-state index in [1.807, 2.05) is 13.8 Å². The predicted octanol–water partition coefficient (Wildman–Crippen LogP) is 4.84. The van der Waals surface area contributed by atoms with Gasteiger partial charge in [0.15, 0.2) is 0 Å². The van der Waals surface area contributed by atoms with Crippen molar-refractivity contribution in [3.63, 3.8) is 0 Å². The lowest BCUT2D eigenvalue weighted by molar-refractivity contribution is -0.394. The molecule has 0 aromatic heterocycles. The summed E-state index contributed by atoms with van der Waals surface area (Å²) >= 11 is 6.22. The van der Waals surface area contributed by atoms with Crippen LogP contribution in [0.5, 0.6) is 0 Å². The molecule has 1 amide bonds. The second kappa shape index (κ2) is 8.13. The summed E-state index contributed by atoms with van der Waals surface area (Å²) in [6.45, 7) is 5.19. The van der Waals surface area contributed by atoms with E-state index in [1.165, 1.54) is 6.92 Å². The van der Waals surface area contributed by atoms with Crippen molar-refractivity contribution in [1.82, 2.24) is 0 Å². The number of nitrogens with zero attached hydrogens (tertiary/aromatic N) is 2. The number of aryl methyl sites for hydroxylation is 1. The largest absolute Gasteiger partial charge is 0.321 e. The highest BCUT2D eigenvalue weighted by atomic mass is 35.5. The molecule has 0 aliphatic heterocycles. The predicted molar refractivity (Wildman–Crippen MR) is 103 cm³/mol. The van der Waals surface area contributed by atoms with E-state index in [0.29, 0.717) is 23.6 Å². The molecule has 0 unspecified atom stereocenters. The van der Waals surface area contributed by atoms with E-state index in [4.69, 9.17) is 11.6 Å². The summed E-state index contributed by atoms with van der Waals surface area (Å²) in [4.78, 5) is 33.6. The molecule has 0 saturated heterocycles. The quantitative estimate of drug-likeness (QED) is 0.558. The highest BCUT2D eigenvalue weighted by Gasteiger charge is 2.25. The molecule has 142 valence electrons. The lowest BCUT2D eigenvalue weighted by Crippen LogP contribution is -2.17. The number of nitrogens with one attached hydrogen (secondary N) is 1. The molecular formula is C18H18ClN3O5. The Morgan fingerprint density at radius 1 is 1.11 bits per heavy atom. The average molecular weight is 392 g/mol. The number of nitro benzene ring substituents is 2. The molecule has 0 heterocycles. The topological polar surface area (TPSA) is 115 Å².